The zero-order valence-corrected chi connectivity index (χ0v) is 22.1. The van der Waals surface area contributed by atoms with Crippen molar-refractivity contribution in [2.45, 2.75) is 26.8 Å². The zero-order valence-electron chi connectivity index (χ0n) is 21.3. The number of rotatable bonds is 6. The van der Waals surface area contributed by atoms with Crippen LogP contribution >= 0.6 is 11.3 Å². The number of carbonyl (C=O) groups is 3. The zero-order chi connectivity index (χ0) is 27.6. The highest BCUT2D eigenvalue weighted by molar-refractivity contribution is 7.07. The summed E-state index contributed by atoms with van der Waals surface area (Å²) in [5, 5.41) is 0. The van der Waals surface area contributed by atoms with E-state index < -0.39 is 23.9 Å². The van der Waals surface area contributed by atoms with Gasteiger partial charge in [0.15, 0.2) is 16.3 Å². The van der Waals surface area contributed by atoms with Crippen LogP contribution in [0.25, 0.3) is 6.08 Å². The van der Waals surface area contributed by atoms with Crippen molar-refractivity contribution in [3.8, 4) is 17.2 Å². The summed E-state index contributed by atoms with van der Waals surface area (Å²) in [4.78, 5) is 54.3. The molecule has 10 nitrogen and oxygen atoms in total. The molecule has 0 amide bonds. The van der Waals surface area contributed by atoms with Crippen LogP contribution < -0.4 is 29.1 Å². The quantitative estimate of drug-likeness (QED) is 0.347. The van der Waals surface area contributed by atoms with Gasteiger partial charge in [-0.1, -0.05) is 29.5 Å². The van der Waals surface area contributed by atoms with Gasteiger partial charge in [0.25, 0.3) is 5.56 Å². The van der Waals surface area contributed by atoms with E-state index in [1.54, 1.807) is 49.4 Å². The van der Waals surface area contributed by atoms with Gasteiger partial charge in [0.05, 0.1) is 36.1 Å². The molecule has 1 aromatic heterocycles. The minimum absolute atomic E-state index is 0.186. The Kier molecular flexibility index (Phi) is 7.58. The van der Waals surface area contributed by atoms with Crippen molar-refractivity contribution in [3.63, 3.8) is 0 Å². The number of carbonyl (C=O) groups excluding carboxylic acids is 3. The summed E-state index contributed by atoms with van der Waals surface area (Å²) in [6.07, 6.45) is 1.66. The van der Waals surface area contributed by atoms with E-state index >= 15 is 0 Å². The third kappa shape index (κ3) is 5.28. The summed E-state index contributed by atoms with van der Waals surface area (Å²) in [6, 6.07) is 10.7. The van der Waals surface area contributed by atoms with Crippen molar-refractivity contribution in [1.82, 2.24) is 4.57 Å². The van der Waals surface area contributed by atoms with Gasteiger partial charge in [-0.3, -0.25) is 19.0 Å². The molecule has 11 heteroatoms. The molecule has 0 radical (unpaired) electrons. The van der Waals surface area contributed by atoms with E-state index in [2.05, 4.69) is 4.99 Å². The maximum atomic E-state index is 13.7. The average Bonchev–Trinajstić information content (AvgIpc) is 3.16. The Hall–Kier alpha value is -4.51. The summed E-state index contributed by atoms with van der Waals surface area (Å²) in [6.45, 7) is 4.25. The van der Waals surface area contributed by atoms with Gasteiger partial charge in [0.1, 0.15) is 5.75 Å². The lowest BCUT2D eigenvalue weighted by atomic mass is 9.95. The summed E-state index contributed by atoms with van der Waals surface area (Å²) in [5.41, 5.74) is 1.37. The van der Waals surface area contributed by atoms with Crippen molar-refractivity contribution in [2.75, 3.05) is 14.2 Å². The van der Waals surface area contributed by atoms with Crippen LogP contribution in [0.15, 0.2) is 63.5 Å². The number of ether oxygens (including phenoxy) is 4. The monoisotopic (exact) mass is 536 g/mol. The first-order valence-electron chi connectivity index (χ1n) is 11.4. The van der Waals surface area contributed by atoms with Gasteiger partial charge >= 0.3 is 17.9 Å². The SMILES string of the molecule is COC(=O)C1=C(C)N=c2s/c(=C\c3cccc(OC(C)=O)c3)c(=O)n2C1c1ccc(OC(C)=O)c(OC)c1. The fraction of sp³-hybridized carbons (Fsp3) is 0.222. The lowest BCUT2D eigenvalue weighted by molar-refractivity contribution is -0.136. The molecule has 196 valence electrons. The van der Waals surface area contributed by atoms with E-state index in [1.807, 2.05) is 0 Å². The molecule has 1 unspecified atom stereocenters. The Morgan fingerprint density at radius 2 is 1.74 bits per heavy atom. The molecule has 3 aromatic rings. The first-order chi connectivity index (χ1) is 18.1. The molecule has 0 aliphatic carbocycles. The van der Waals surface area contributed by atoms with Gasteiger partial charge in [-0.15, -0.1) is 0 Å². The van der Waals surface area contributed by atoms with Crippen LogP contribution in [0.1, 0.15) is 37.9 Å². The number of benzene rings is 2. The number of aromatic nitrogens is 1. The van der Waals surface area contributed by atoms with Gasteiger partial charge in [-0.2, -0.15) is 0 Å². The molecule has 0 N–H and O–H groups in total. The second kappa shape index (κ2) is 10.9. The highest BCUT2D eigenvalue weighted by Crippen LogP contribution is 2.36. The van der Waals surface area contributed by atoms with Crippen molar-refractivity contribution >= 4 is 35.3 Å². The first-order valence-corrected chi connectivity index (χ1v) is 12.2. The number of esters is 3. The van der Waals surface area contributed by atoms with E-state index in [4.69, 9.17) is 18.9 Å². The molecule has 2 aromatic carbocycles. The van der Waals surface area contributed by atoms with E-state index in [0.717, 1.165) is 11.3 Å². The third-order valence-corrected chi connectivity index (χ3v) is 6.58. The topological polar surface area (TPSA) is 122 Å². The van der Waals surface area contributed by atoms with Crippen molar-refractivity contribution in [3.05, 3.63) is 84.5 Å². The van der Waals surface area contributed by atoms with Crippen LogP contribution in [0.4, 0.5) is 0 Å². The third-order valence-electron chi connectivity index (χ3n) is 5.60. The van der Waals surface area contributed by atoms with E-state index in [1.165, 1.54) is 38.7 Å². The Morgan fingerprint density at radius 3 is 2.39 bits per heavy atom. The normalized spacial score (nSPS) is 14.9. The van der Waals surface area contributed by atoms with Gasteiger partial charge in [0.2, 0.25) is 0 Å². The fourth-order valence-electron chi connectivity index (χ4n) is 4.09. The smallest absolute Gasteiger partial charge is 0.338 e. The second-order valence-corrected chi connectivity index (χ2v) is 9.25. The number of thiazole rings is 1. The molecule has 2 heterocycles. The van der Waals surface area contributed by atoms with Crippen LogP contribution in [0, 0.1) is 0 Å². The van der Waals surface area contributed by atoms with E-state index in [0.29, 0.717) is 31.9 Å². The van der Waals surface area contributed by atoms with Gasteiger partial charge < -0.3 is 18.9 Å². The lowest BCUT2D eigenvalue weighted by Crippen LogP contribution is -2.39. The van der Waals surface area contributed by atoms with Crippen molar-refractivity contribution in [2.24, 2.45) is 4.99 Å². The number of fused-ring (bicyclic) bond motifs is 1. The molecule has 0 fully saturated rings. The standard InChI is InChI=1S/C27H24N2O8S/c1-14-23(26(33)35-5)24(18-9-10-20(37-16(3)31)21(13-18)34-4)29-25(32)22(38-27(29)28-14)12-17-7-6-8-19(11-17)36-15(2)30/h6-13,24H,1-5H3/b22-12-. The van der Waals surface area contributed by atoms with Crippen LogP contribution in [0.2, 0.25) is 0 Å². The second-order valence-electron chi connectivity index (χ2n) is 8.24. The predicted molar refractivity (Wildman–Crippen MR) is 138 cm³/mol. The molecule has 0 spiro atoms. The maximum Gasteiger partial charge on any atom is 0.338 e. The van der Waals surface area contributed by atoms with Crippen LogP contribution in [-0.4, -0.2) is 36.7 Å². The Balaban J connectivity index is 1.92. The number of allylic oxidation sites excluding steroid dienone is 1. The molecule has 1 aliphatic heterocycles. The summed E-state index contributed by atoms with van der Waals surface area (Å²) >= 11 is 1.16. The lowest BCUT2D eigenvalue weighted by Gasteiger charge is -2.25. The highest BCUT2D eigenvalue weighted by Gasteiger charge is 2.33. The van der Waals surface area contributed by atoms with Crippen LogP contribution in [-0.2, 0) is 19.1 Å². The first kappa shape index (κ1) is 26.6. The number of hydrogen-bond acceptors (Lipinski definition) is 10. The van der Waals surface area contributed by atoms with Crippen LogP contribution in [0.5, 0.6) is 17.2 Å². The Morgan fingerprint density at radius 1 is 1.00 bits per heavy atom. The summed E-state index contributed by atoms with van der Waals surface area (Å²) in [7, 11) is 2.68. The van der Waals surface area contributed by atoms with Gasteiger partial charge in [0, 0.05) is 13.8 Å². The average molecular weight is 537 g/mol. The van der Waals surface area contributed by atoms with E-state index in [9.17, 15) is 19.2 Å². The molecule has 1 aliphatic rings. The molecule has 1 atom stereocenters. The Labute approximate surface area is 221 Å². The molecule has 4 rings (SSSR count). The maximum absolute atomic E-state index is 13.7. The van der Waals surface area contributed by atoms with Crippen molar-refractivity contribution in [1.29, 1.82) is 0 Å². The number of nitrogens with zero attached hydrogens (tertiary/aromatic N) is 2. The summed E-state index contributed by atoms with van der Waals surface area (Å²) < 4.78 is 22.6. The van der Waals surface area contributed by atoms with Gasteiger partial charge in [-0.05, 0) is 48.4 Å². The van der Waals surface area contributed by atoms with Crippen LogP contribution in [0.3, 0.4) is 0 Å². The minimum atomic E-state index is -0.881. The fourth-order valence-corrected chi connectivity index (χ4v) is 5.13. The molecule has 0 bridgehead atoms. The molecule has 0 saturated carbocycles. The van der Waals surface area contributed by atoms with Crippen molar-refractivity contribution < 1.29 is 33.3 Å². The largest absolute Gasteiger partial charge is 0.493 e. The minimum Gasteiger partial charge on any atom is -0.493 e. The summed E-state index contributed by atoms with van der Waals surface area (Å²) in [5.74, 6) is -0.816. The number of methoxy groups -OCH3 is 2. The Bertz CT molecular complexity index is 1660. The molecular formula is C27H24N2O8S. The predicted octanol–water partition coefficient (Wildman–Crippen LogP) is 2.27. The molecule has 38 heavy (non-hydrogen) atoms. The number of hydrogen-bond donors (Lipinski definition) is 0. The molecule has 0 saturated heterocycles. The van der Waals surface area contributed by atoms with E-state index in [-0.39, 0.29) is 22.6 Å². The molecular weight excluding hydrogens is 512 g/mol. The van der Waals surface area contributed by atoms with Gasteiger partial charge in [-0.25, -0.2) is 9.79 Å². The highest BCUT2D eigenvalue weighted by atomic mass is 32.1.